The molecule has 6 heteroatoms. The molecule has 1 aromatic heterocycles. The van der Waals surface area contributed by atoms with Crippen molar-refractivity contribution in [3.05, 3.63) is 62.4 Å². The molecule has 4 nitrogen and oxygen atoms in total. The van der Waals surface area contributed by atoms with Gasteiger partial charge in [0, 0.05) is 21.5 Å². The van der Waals surface area contributed by atoms with E-state index in [0.29, 0.717) is 10.6 Å². The Morgan fingerprint density at radius 1 is 1.42 bits per heavy atom. The van der Waals surface area contributed by atoms with Crippen LogP contribution in [0.2, 0.25) is 5.02 Å². The van der Waals surface area contributed by atoms with Gasteiger partial charge in [-0.15, -0.1) is 0 Å². The normalized spacial score (nSPS) is 10.6. The number of hydrogen-bond acceptors (Lipinski definition) is 3. The standard InChI is InChI=1S/C13H9ClIN3O/c14-12-4-3-10(15)6-11(12)13(19)18-17-8-9-2-1-5-16-7-9/h1-8H,(H,18,19). The highest BCUT2D eigenvalue weighted by molar-refractivity contribution is 14.1. The largest absolute Gasteiger partial charge is 0.272 e. The van der Waals surface area contributed by atoms with Gasteiger partial charge in [0.05, 0.1) is 16.8 Å². The van der Waals surface area contributed by atoms with Crippen LogP contribution >= 0.6 is 34.2 Å². The predicted molar refractivity (Wildman–Crippen MR) is 83.5 cm³/mol. The Morgan fingerprint density at radius 3 is 3.00 bits per heavy atom. The van der Waals surface area contributed by atoms with Crippen molar-refractivity contribution in [3.8, 4) is 0 Å². The smallest absolute Gasteiger partial charge is 0.267 e. The molecular formula is C13H9ClIN3O. The van der Waals surface area contributed by atoms with E-state index in [9.17, 15) is 4.79 Å². The van der Waals surface area contributed by atoms with Crippen LogP contribution in [-0.2, 0) is 0 Å². The van der Waals surface area contributed by atoms with Crippen molar-refractivity contribution in [1.82, 2.24) is 10.4 Å². The number of benzene rings is 1. The Morgan fingerprint density at radius 2 is 2.26 bits per heavy atom. The number of hydrogen-bond donors (Lipinski definition) is 1. The summed E-state index contributed by atoms with van der Waals surface area (Å²) >= 11 is 8.08. The average Bonchev–Trinajstić information content (AvgIpc) is 2.42. The molecule has 96 valence electrons. The van der Waals surface area contributed by atoms with Gasteiger partial charge in [0.1, 0.15) is 0 Å². The minimum Gasteiger partial charge on any atom is -0.267 e. The van der Waals surface area contributed by atoms with E-state index in [1.807, 2.05) is 12.1 Å². The maximum Gasteiger partial charge on any atom is 0.272 e. The van der Waals surface area contributed by atoms with Crippen molar-refractivity contribution in [2.24, 2.45) is 5.10 Å². The van der Waals surface area contributed by atoms with Gasteiger partial charge in [-0.1, -0.05) is 17.7 Å². The minimum atomic E-state index is -0.344. The van der Waals surface area contributed by atoms with Crippen LogP contribution in [0.1, 0.15) is 15.9 Å². The fraction of sp³-hybridized carbons (Fsp3) is 0. The summed E-state index contributed by atoms with van der Waals surface area (Å²) < 4.78 is 0.934. The van der Waals surface area contributed by atoms with E-state index in [4.69, 9.17) is 11.6 Å². The Kier molecular flexibility index (Phi) is 4.86. The number of pyridine rings is 1. The molecule has 1 heterocycles. The van der Waals surface area contributed by atoms with E-state index >= 15 is 0 Å². The quantitative estimate of drug-likeness (QED) is 0.501. The molecule has 0 unspecified atom stereocenters. The number of nitrogens with one attached hydrogen (secondary N) is 1. The second-order valence-electron chi connectivity index (χ2n) is 3.61. The van der Waals surface area contributed by atoms with Crippen molar-refractivity contribution >= 4 is 46.3 Å². The molecule has 0 saturated heterocycles. The monoisotopic (exact) mass is 385 g/mol. The molecule has 2 rings (SSSR count). The fourth-order valence-corrected chi connectivity index (χ4v) is 2.04. The number of carbonyl (C=O) groups excluding carboxylic acids is 1. The Bertz CT molecular complexity index is 617. The third kappa shape index (κ3) is 4.00. The van der Waals surface area contributed by atoms with Crippen LogP contribution < -0.4 is 5.43 Å². The first-order valence-electron chi connectivity index (χ1n) is 5.35. The molecule has 0 aliphatic carbocycles. The maximum absolute atomic E-state index is 11.9. The van der Waals surface area contributed by atoms with Crippen molar-refractivity contribution in [1.29, 1.82) is 0 Å². The maximum atomic E-state index is 11.9. The van der Waals surface area contributed by atoms with Crippen molar-refractivity contribution in [2.45, 2.75) is 0 Å². The summed E-state index contributed by atoms with van der Waals surface area (Å²) in [5, 5.41) is 4.26. The number of nitrogens with zero attached hydrogens (tertiary/aromatic N) is 2. The van der Waals surface area contributed by atoms with Crippen LogP contribution in [0.5, 0.6) is 0 Å². The first-order chi connectivity index (χ1) is 9.16. The topological polar surface area (TPSA) is 54.4 Å². The van der Waals surface area contributed by atoms with Crippen molar-refractivity contribution < 1.29 is 4.79 Å². The van der Waals surface area contributed by atoms with Gasteiger partial charge in [-0.05, 0) is 46.9 Å². The fourth-order valence-electron chi connectivity index (χ4n) is 1.35. The van der Waals surface area contributed by atoms with Gasteiger partial charge in [0.15, 0.2) is 0 Å². The van der Waals surface area contributed by atoms with Crippen LogP contribution in [0.4, 0.5) is 0 Å². The second-order valence-corrected chi connectivity index (χ2v) is 5.26. The van der Waals surface area contributed by atoms with Gasteiger partial charge in [-0.25, -0.2) is 5.43 Å². The molecule has 0 aliphatic rings. The first kappa shape index (κ1) is 14.0. The molecule has 0 aliphatic heterocycles. The molecule has 0 atom stereocenters. The van der Waals surface area contributed by atoms with Crippen molar-refractivity contribution in [3.63, 3.8) is 0 Å². The van der Waals surface area contributed by atoms with Crippen LogP contribution in [0.3, 0.4) is 0 Å². The molecular weight excluding hydrogens is 377 g/mol. The second kappa shape index (κ2) is 6.63. The van der Waals surface area contributed by atoms with E-state index < -0.39 is 0 Å². The van der Waals surface area contributed by atoms with E-state index in [0.717, 1.165) is 9.13 Å². The highest BCUT2D eigenvalue weighted by atomic mass is 127. The average molecular weight is 386 g/mol. The lowest BCUT2D eigenvalue weighted by Crippen LogP contribution is -2.18. The van der Waals surface area contributed by atoms with Gasteiger partial charge in [-0.3, -0.25) is 9.78 Å². The van der Waals surface area contributed by atoms with Crippen molar-refractivity contribution in [2.75, 3.05) is 0 Å². The van der Waals surface area contributed by atoms with Gasteiger partial charge < -0.3 is 0 Å². The molecule has 1 aromatic carbocycles. The highest BCUT2D eigenvalue weighted by Gasteiger charge is 2.09. The van der Waals surface area contributed by atoms with Crippen LogP contribution in [0.15, 0.2) is 47.8 Å². The molecule has 0 spiro atoms. The first-order valence-corrected chi connectivity index (χ1v) is 6.81. The molecule has 2 aromatic rings. The summed E-state index contributed by atoms with van der Waals surface area (Å²) in [6.07, 6.45) is 4.84. The highest BCUT2D eigenvalue weighted by Crippen LogP contribution is 2.18. The molecule has 1 amide bonds. The molecule has 0 radical (unpaired) electrons. The lowest BCUT2D eigenvalue weighted by Gasteiger charge is -2.03. The zero-order chi connectivity index (χ0) is 13.7. The van der Waals surface area contributed by atoms with E-state index in [-0.39, 0.29) is 5.91 Å². The number of amides is 1. The molecule has 19 heavy (non-hydrogen) atoms. The molecule has 0 saturated carbocycles. The molecule has 0 bridgehead atoms. The lowest BCUT2D eigenvalue weighted by molar-refractivity contribution is 0.0955. The van der Waals surface area contributed by atoms with Gasteiger partial charge in [0.2, 0.25) is 0 Å². The van der Waals surface area contributed by atoms with Crippen LogP contribution in [-0.4, -0.2) is 17.1 Å². The van der Waals surface area contributed by atoms with E-state index in [1.165, 1.54) is 6.21 Å². The Hall–Kier alpha value is -1.47. The third-order valence-corrected chi connectivity index (χ3v) is 3.24. The zero-order valence-corrected chi connectivity index (χ0v) is 12.6. The molecule has 1 N–H and O–H groups in total. The number of aromatic nitrogens is 1. The van der Waals surface area contributed by atoms with E-state index in [1.54, 1.807) is 30.6 Å². The summed E-state index contributed by atoms with van der Waals surface area (Å²) in [5.41, 5.74) is 3.63. The summed E-state index contributed by atoms with van der Waals surface area (Å²) in [5.74, 6) is -0.344. The number of halogens is 2. The Labute approximate surface area is 129 Å². The number of carbonyl (C=O) groups is 1. The lowest BCUT2D eigenvalue weighted by atomic mass is 10.2. The van der Waals surface area contributed by atoms with E-state index in [2.05, 4.69) is 38.1 Å². The van der Waals surface area contributed by atoms with Gasteiger partial charge in [0.25, 0.3) is 5.91 Å². The predicted octanol–water partition coefficient (Wildman–Crippen LogP) is 3.10. The van der Waals surface area contributed by atoms with Crippen LogP contribution in [0.25, 0.3) is 0 Å². The molecule has 0 fully saturated rings. The summed E-state index contributed by atoms with van der Waals surface area (Å²) in [7, 11) is 0. The summed E-state index contributed by atoms with van der Waals surface area (Å²) in [4.78, 5) is 15.8. The SMILES string of the molecule is O=C(NN=Cc1cccnc1)c1cc(I)ccc1Cl. The Balaban J connectivity index is 2.06. The summed E-state index contributed by atoms with van der Waals surface area (Å²) in [6, 6.07) is 8.85. The number of rotatable bonds is 3. The minimum absolute atomic E-state index is 0.344. The zero-order valence-electron chi connectivity index (χ0n) is 9.68. The van der Waals surface area contributed by atoms with Crippen LogP contribution in [0, 0.1) is 3.57 Å². The summed E-state index contributed by atoms with van der Waals surface area (Å²) in [6.45, 7) is 0. The van der Waals surface area contributed by atoms with Gasteiger partial charge >= 0.3 is 0 Å². The van der Waals surface area contributed by atoms with Gasteiger partial charge in [-0.2, -0.15) is 5.10 Å². The third-order valence-electron chi connectivity index (χ3n) is 2.24. The number of hydrazone groups is 1.